The normalized spacial score (nSPS) is 19.3. The van der Waals surface area contributed by atoms with Gasteiger partial charge in [-0.1, -0.05) is 24.3 Å². The number of nitrogens with zero attached hydrogens (tertiary/aromatic N) is 2. The van der Waals surface area contributed by atoms with Crippen LogP contribution in [0.4, 0.5) is 13.2 Å². The first kappa shape index (κ1) is 17.6. The SMILES string of the molecule is Cn1c(CNC(=O)[C@H]2C[C@@H]2c2ccc(C(F)(F)F)cc2)nc2ccccc21. The zero-order chi connectivity index (χ0) is 19.2. The number of carbonyl (C=O) groups excluding carboxylic acids is 1. The fourth-order valence-corrected chi connectivity index (χ4v) is 3.42. The number of aryl methyl sites for hydroxylation is 1. The highest BCUT2D eigenvalue weighted by Gasteiger charge is 2.44. The van der Waals surface area contributed by atoms with Crippen LogP contribution >= 0.6 is 0 Å². The Morgan fingerprint density at radius 3 is 2.56 bits per heavy atom. The van der Waals surface area contributed by atoms with Gasteiger partial charge in [0, 0.05) is 13.0 Å². The quantitative estimate of drug-likeness (QED) is 0.751. The third-order valence-corrected chi connectivity index (χ3v) is 5.09. The van der Waals surface area contributed by atoms with E-state index in [1.165, 1.54) is 12.1 Å². The van der Waals surface area contributed by atoms with Gasteiger partial charge in [-0.05, 0) is 42.2 Å². The van der Waals surface area contributed by atoms with E-state index in [1.54, 1.807) is 0 Å². The molecule has 1 fully saturated rings. The van der Waals surface area contributed by atoms with Gasteiger partial charge in [0.2, 0.25) is 5.91 Å². The molecule has 0 unspecified atom stereocenters. The highest BCUT2D eigenvalue weighted by molar-refractivity contribution is 5.83. The Morgan fingerprint density at radius 1 is 1.19 bits per heavy atom. The number of alkyl halides is 3. The molecule has 7 heteroatoms. The van der Waals surface area contributed by atoms with Crippen molar-refractivity contribution in [3.63, 3.8) is 0 Å². The van der Waals surface area contributed by atoms with Crippen molar-refractivity contribution in [1.29, 1.82) is 0 Å². The van der Waals surface area contributed by atoms with E-state index < -0.39 is 11.7 Å². The lowest BCUT2D eigenvalue weighted by atomic mass is 10.1. The summed E-state index contributed by atoms with van der Waals surface area (Å²) in [6.07, 6.45) is -3.69. The number of aromatic nitrogens is 2. The molecule has 1 aromatic heterocycles. The summed E-state index contributed by atoms with van der Waals surface area (Å²) in [5.74, 6) is 0.451. The molecule has 2 aromatic carbocycles. The number of hydrogen-bond acceptors (Lipinski definition) is 2. The number of hydrogen-bond donors (Lipinski definition) is 1. The molecule has 4 nitrogen and oxygen atoms in total. The summed E-state index contributed by atoms with van der Waals surface area (Å²) in [6, 6.07) is 12.8. The molecule has 1 aliphatic carbocycles. The summed E-state index contributed by atoms with van der Waals surface area (Å²) < 4.78 is 39.9. The van der Waals surface area contributed by atoms with E-state index in [-0.39, 0.29) is 17.7 Å². The second kappa shape index (κ2) is 6.40. The molecule has 0 spiro atoms. The van der Waals surface area contributed by atoms with Gasteiger partial charge in [-0.3, -0.25) is 4.79 Å². The predicted molar refractivity (Wildman–Crippen MR) is 94.9 cm³/mol. The lowest BCUT2D eigenvalue weighted by Crippen LogP contribution is -2.26. The van der Waals surface area contributed by atoms with Crippen molar-refractivity contribution in [2.75, 3.05) is 0 Å². The fourth-order valence-electron chi connectivity index (χ4n) is 3.42. The molecule has 0 radical (unpaired) electrons. The van der Waals surface area contributed by atoms with Crippen molar-refractivity contribution >= 4 is 16.9 Å². The topological polar surface area (TPSA) is 46.9 Å². The monoisotopic (exact) mass is 373 g/mol. The summed E-state index contributed by atoms with van der Waals surface area (Å²) in [5.41, 5.74) is 1.97. The van der Waals surface area contributed by atoms with E-state index in [0.29, 0.717) is 13.0 Å². The van der Waals surface area contributed by atoms with Crippen molar-refractivity contribution in [2.24, 2.45) is 13.0 Å². The minimum atomic E-state index is -4.34. The Hall–Kier alpha value is -2.83. The Labute approximate surface area is 154 Å². The number of nitrogens with one attached hydrogen (secondary N) is 1. The number of para-hydroxylation sites is 2. The van der Waals surface area contributed by atoms with Gasteiger partial charge in [0.25, 0.3) is 0 Å². The van der Waals surface area contributed by atoms with Crippen LogP contribution in [0.5, 0.6) is 0 Å². The van der Waals surface area contributed by atoms with Crippen molar-refractivity contribution in [2.45, 2.75) is 25.1 Å². The molecule has 1 amide bonds. The predicted octanol–water partition coefficient (Wildman–Crippen LogP) is 4.01. The maximum atomic E-state index is 12.6. The van der Waals surface area contributed by atoms with E-state index in [1.807, 2.05) is 35.9 Å². The Kier molecular flexibility index (Phi) is 4.17. The van der Waals surface area contributed by atoms with Crippen molar-refractivity contribution in [3.8, 4) is 0 Å². The molecule has 1 saturated carbocycles. The van der Waals surface area contributed by atoms with Gasteiger partial charge in [-0.15, -0.1) is 0 Å². The summed E-state index contributed by atoms with van der Waals surface area (Å²) in [5, 5.41) is 2.90. The smallest absolute Gasteiger partial charge is 0.349 e. The summed E-state index contributed by atoms with van der Waals surface area (Å²) in [6.45, 7) is 0.320. The van der Waals surface area contributed by atoms with Crippen LogP contribution in [0.3, 0.4) is 0 Å². The Bertz CT molecular complexity index is 992. The number of halogens is 3. The Morgan fingerprint density at radius 2 is 1.89 bits per heavy atom. The molecular formula is C20H18F3N3O. The van der Waals surface area contributed by atoms with Crippen LogP contribution in [0.1, 0.15) is 29.3 Å². The van der Waals surface area contributed by atoms with Gasteiger partial charge in [0.15, 0.2) is 0 Å². The standard InChI is InChI=1S/C20H18F3N3O/c1-26-17-5-3-2-4-16(17)25-18(26)11-24-19(27)15-10-14(15)12-6-8-13(9-7-12)20(21,22)23/h2-9,14-15H,10-11H2,1H3,(H,24,27)/t14-,15+/m1/s1. The van der Waals surface area contributed by atoms with E-state index in [2.05, 4.69) is 10.3 Å². The summed E-state index contributed by atoms with van der Waals surface area (Å²) in [4.78, 5) is 16.9. The summed E-state index contributed by atoms with van der Waals surface area (Å²) in [7, 11) is 1.90. The van der Waals surface area contributed by atoms with Crippen molar-refractivity contribution in [3.05, 3.63) is 65.5 Å². The number of amides is 1. The summed E-state index contributed by atoms with van der Waals surface area (Å²) >= 11 is 0. The average Bonchev–Trinajstić information content (AvgIpc) is 3.39. The molecule has 0 aliphatic heterocycles. The molecule has 4 rings (SSSR count). The van der Waals surface area contributed by atoms with E-state index in [0.717, 1.165) is 34.6 Å². The fraction of sp³-hybridized carbons (Fsp3) is 0.300. The number of rotatable bonds is 4. The molecule has 0 bridgehead atoms. The van der Waals surface area contributed by atoms with Crippen LogP contribution < -0.4 is 5.32 Å². The molecule has 0 saturated heterocycles. The van der Waals surface area contributed by atoms with Crippen LogP contribution in [0.25, 0.3) is 11.0 Å². The minimum Gasteiger partial charge on any atom is -0.349 e. The third kappa shape index (κ3) is 3.41. The van der Waals surface area contributed by atoms with E-state index >= 15 is 0 Å². The maximum absolute atomic E-state index is 12.6. The molecule has 2 atom stereocenters. The molecule has 27 heavy (non-hydrogen) atoms. The molecule has 3 aromatic rings. The highest BCUT2D eigenvalue weighted by atomic mass is 19.4. The second-order valence-corrected chi connectivity index (χ2v) is 6.86. The number of benzene rings is 2. The van der Waals surface area contributed by atoms with Gasteiger partial charge in [-0.25, -0.2) is 4.98 Å². The van der Waals surface area contributed by atoms with Crippen LogP contribution in [0.15, 0.2) is 48.5 Å². The third-order valence-electron chi connectivity index (χ3n) is 5.09. The van der Waals surface area contributed by atoms with Gasteiger partial charge < -0.3 is 9.88 Å². The first-order valence-electron chi connectivity index (χ1n) is 8.70. The lowest BCUT2D eigenvalue weighted by molar-refractivity contribution is -0.137. The molecular weight excluding hydrogens is 355 g/mol. The largest absolute Gasteiger partial charge is 0.416 e. The molecule has 1 N–H and O–H groups in total. The zero-order valence-electron chi connectivity index (χ0n) is 14.6. The number of carbonyl (C=O) groups is 1. The van der Waals surface area contributed by atoms with Crippen molar-refractivity contribution < 1.29 is 18.0 Å². The van der Waals surface area contributed by atoms with Crippen LogP contribution in [0.2, 0.25) is 0 Å². The Balaban J connectivity index is 1.38. The first-order chi connectivity index (χ1) is 12.8. The molecule has 1 aliphatic rings. The van der Waals surface area contributed by atoms with Crippen LogP contribution in [-0.4, -0.2) is 15.5 Å². The molecule has 1 heterocycles. The number of imidazole rings is 1. The minimum absolute atomic E-state index is 0.0206. The van der Waals surface area contributed by atoms with Crippen LogP contribution in [-0.2, 0) is 24.6 Å². The maximum Gasteiger partial charge on any atom is 0.416 e. The lowest BCUT2D eigenvalue weighted by Gasteiger charge is -2.08. The number of fused-ring (bicyclic) bond motifs is 1. The average molecular weight is 373 g/mol. The van der Waals surface area contributed by atoms with Crippen LogP contribution in [0, 0.1) is 5.92 Å². The van der Waals surface area contributed by atoms with Gasteiger partial charge in [0.05, 0.1) is 23.1 Å². The van der Waals surface area contributed by atoms with Crippen molar-refractivity contribution in [1.82, 2.24) is 14.9 Å². The van der Waals surface area contributed by atoms with Gasteiger partial charge in [-0.2, -0.15) is 13.2 Å². The van der Waals surface area contributed by atoms with Gasteiger partial charge in [0.1, 0.15) is 5.82 Å². The molecule has 140 valence electrons. The van der Waals surface area contributed by atoms with Gasteiger partial charge >= 0.3 is 6.18 Å². The highest BCUT2D eigenvalue weighted by Crippen LogP contribution is 2.48. The second-order valence-electron chi connectivity index (χ2n) is 6.86. The first-order valence-corrected chi connectivity index (χ1v) is 8.70. The van der Waals surface area contributed by atoms with E-state index in [9.17, 15) is 18.0 Å². The van der Waals surface area contributed by atoms with E-state index in [4.69, 9.17) is 0 Å². The zero-order valence-corrected chi connectivity index (χ0v) is 14.6.